The van der Waals surface area contributed by atoms with Crippen LogP contribution in [0.5, 0.6) is 0 Å². The van der Waals surface area contributed by atoms with Crippen molar-refractivity contribution in [3.05, 3.63) is 64.7 Å². The molecule has 2 aromatic rings. The van der Waals surface area contributed by atoms with Gasteiger partial charge in [0.2, 0.25) is 11.8 Å². The summed E-state index contributed by atoms with van der Waals surface area (Å²) in [5, 5.41) is 3.43. The molecule has 0 fully saturated rings. The molecule has 0 saturated heterocycles. The second-order valence-electron chi connectivity index (χ2n) is 4.62. The number of hydrogen-bond donors (Lipinski definition) is 2. The molecule has 0 heterocycles. The summed E-state index contributed by atoms with van der Waals surface area (Å²) in [6.07, 6.45) is 0. The van der Waals surface area contributed by atoms with Gasteiger partial charge >= 0.3 is 0 Å². The number of hydrogen-bond acceptors (Lipinski definition) is 3. The van der Waals surface area contributed by atoms with E-state index in [1.165, 1.54) is 11.8 Å². The zero-order chi connectivity index (χ0) is 15.9. The van der Waals surface area contributed by atoms with Gasteiger partial charge in [0.05, 0.1) is 5.75 Å². The van der Waals surface area contributed by atoms with Gasteiger partial charge in [0.15, 0.2) is 0 Å². The maximum atomic E-state index is 11.9. The molecule has 0 aliphatic carbocycles. The fourth-order valence-electron chi connectivity index (χ4n) is 1.84. The van der Waals surface area contributed by atoms with E-state index in [2.05, 4.69) is 5.32 Å². The minimum atomic E-state index is -0.522. The Labute approximate surface area is 138 Å². The summed E-state index contributed by atoms with van der Waals surface area (Å²) < 4.78 is 0. The van der Waals surface area contributed by atoms with E-state index in [9.17, 15) is 9.59 Å². The number of anilines is 1. The molecule has 0 aliphatic rings. The first-order valence-electron chi connectivity index (χ1n) is 6.56. The van der Waals surface area contributed by atoms with Gasteiger partial charge in [-0.25, -0.2) is 0 Å². The molecule has 0 radical (unpaired) electrons. The van der Waals surface area contributed by atoms with Gasteiger partial charge in [0.25, 0.3) is 0 Å². The Hall–Kier alpha value is -1.98. The molecule has 0 unspecified atom stereocenters. The van der Waals surface area contributed by atoms with Crippen molar-refractivity contribution in [3.63, 3.8) is 0 Å². The second-order valence-corrected chi connectivity index (χ2v) is 6.04. The smallest absolute Gasteiger partial charge is 0.248 e. The van der Waals surface area contributed by atoms with Crippen molar-refractivity contribution in [1.29, 1.82) is 0 Å². The lowest BCUT2D eigenvalue weighted by Crippen LogP contribution is -2.15. The van der Waals surface area contributed by atoms with E-state index < -0.39 is 5.91 Å². The van der Waals surface area contributed by atoms with Crippen molar-refractivity contribution in [3.8, 4) is 0 Å². The highest BCUT2D eigenvalue weighted by atomic mass is 35.5. The highest BCUT2D eigenvalue weighted by molar-refractivity contribution is 7.99. The summed E-state index contributed by atoms with van der Waals surface area (Å²) in [7, 11) is 0. The van der Waals surface area contributed by atoms with E-state index in [0.29, 0.717) is 27.8 Å². The topological polar surface area (TPSA) is 72.2 Å². The number of carbonyl (C=O) groups is 2. The lowest BCUT2D eigenvalue weighted by Gasteiger charge is -2.06. The van der Waals surface area contributed by atoms with Gasteiger partial charge in [-0.15, -0.1) is 11.8 Å². The first-order valence-corrected chi connectivity index (χ1v) is 8.10. The van der Waals surface area contributed by atoms with Gasteiger partial charge in [-0.1, -0.05) is 29.8 Å². The van der Waals surface area contributed by atoms with Crippen LogP contribution in [0, 0.1) is 0 Å². The van der Waals surface area contributed by atoms with E-state index in [1.54, 1.807) is 24.3 Å². The van der Waals surface area contributed by atoms with Crippen molar-refractivity contribution in [2.75, 3.05) is 11.1 Å². The molecule has 22 heavy (non-hydrogen) atoms. The standard InChI is InChI=1S/C16H15ClN2O2S/c17-13-5-1-3-11(7-13)9-22-10-15(20)19-14-6-2-4-12(8-14)16(18)21/h1-8H,9-10H2,(H2,18,21)(H,19,20). The maximum Gasteiger partial charge on any atom is 0.248 e. The lowest BCUT2D eigenvalue weighted by atomic mass is 10.2. The molecular formula is C16H15ClN2O2S. The van der Waals surface area contributed by atoms with Crippen LogP contribution in [-0.4, -0.2) is 17.6 Å². The van der Waals surface area contributed by atoms with Crippen LogP contribution < -0.4 is 11.1 Å². The number of nitrogens with one attached hydrogen (secondary N) is 1. The molecular weight excluding hydrogens is 320 g/mol. The van der Waals surface area contributed by atoms with Gasteiger partial charge < -0.3 is 11.1 Å². The molecule has 114 valence electrons. The van der Waals surface area contributed by atoms with Crippen molar-refractivity contribution in [1.82, 2.24) is 0 Å². The molecule has 0 bridgehead atoms. The molecule has 4 nitrogen and oxygen atoms in total. The van der Waals surface area contributed by atoms with Crippen LogP contribution in [0.3, 0.4) is 0 Å². The Kier molecular flexibility index (Phi) is 5.86. The third-order valence-electron chi connectivity index (χ3n) is 2.82. The van der Waals surface area contributed by atoms with Crippen LogP contribution in [0.2, 0.25) is 5.02 Å². The average molecular weight is 335 g/mol. The van der Waals surface area contributed by atoms with E-state index >= 15 is 0 Å². The van der Waals surface area contributed by atoms with Crippen LogP contribution in [0.15, 0.2) is 48.5 Å². The van der Waals surface area contributed by atoms with Crippen LogP contribution in [0.1, 0.15) is 15.9 Å². The van der Waals surface area contributed by atoms with Gasteiger partial charge in [0.1, 0.15) is 0 Å². The summed E-state index contributed by atoms with van der Waals surface area (Å²) >= 11 is 7.40. The Morgan fingerprint density at radius 2 is 1.91 bits per heavy atom. The Bertz CT molecular complexity index is 691. The average Bonchev–Trinajstić information content (AvgIpc) is 2.47. The van der Waals surface area contributed by atoms with E-state index in [4.69, 9.17) is 17.3 Å². The van der Waals surface area contributed by atoms with Crippen molar-refractivity contribution in [2.24, 2.45) is 5.73 Å². The predicted molar refractivity (Wildman–Crippen MR) is 91.2 cm³/mol. The highest BCUT2D eigenvalue weighted by Gasteiger charge is 2.06. The zero-order valence-electron chi connectivity index (χ0n) is 11.7. The van der Waals surface area contributed by atoms with Gasteiger partial charge in [-0.05, 0) is 35.9 Å². The number of primary amides is 1. The van der Waals surface area contributed by atoms with Crippen molar-refractivity contribution in [2.45, 2.75) is 5.75 Å². The van der Waals surface area contributed by atoms with Crippen molar-refractivity contribution >= 4 is 40.9 Å². The fourth-order valence-corrected chi connectivity index (χ4v) is 2.82. The van der Waals surface area contributed by atoms with Gasteiger partial charge in [-0.2, -0.15) is 0 Å². The molecule has 0 spiro atoms. The SMILES string of the molecule is NC(=O)c1cccc(NC(=O)CSCc2cccc(Cl)c2)c1. The number of carbonyl (C=O) groups excluding carboxylic acids is 2. The molecule has 2 aromatic carbocycles. The summed E-state index contributed by atoms with van der Waals surface area (Å²) in [4.78, 5) is 23.0. The van der Waals surface area contributed by atoms with E-state index in [0.717, 1.165) is 5.56 Å². The highest BCUT2D eigenvalue weighted by Crippen LogP contribution is 2.17. The summed E-state index contributed by atoms with van der Waals surface area (Å²) in [5.41, 5.74) is 7.20. The fraction of sp³-hybridized carbons (Fsp3) is 0.125. The lowest BCUT2D eigenvalue weighted by molar-refractivity contribution is -0.113. The monoisotopic (exact) mass is 334 g/mol. The summed E-state index contributed by atoms with van der Waals surface area (Å²) in [6, 6.07) is 14.1. The number of benzene rings is 2. The largest absolute Gasteiger partial charge is 0.366 e. The molecule has 0 saturated carbocycles. The Morgan fingerprint density at radius 3 is 2.64 bits per heavy atom. The number of thioether (sulfide) groups is 1. The van der Waals surface area contributed by atoms with Gasteiger partial charge in [-0.3, -0.25) is 9.59 Å². The minimum Gasteiger partial charge on any atom is -0.366 e. The molecule has 2 amide bonds. The van der Waals surface area contributed by atoms with Crippen LogP contribution in [0.4, 0.5) is 5.69 Å². The molecule has 0 aromatic heterocycles. The Balaban J connectivity index is 1.83. The second kappa shape index (κ2) is 7.87. The first kappa shape index (κ1) is 16.4. The predicted octanol–water partition coefficient (Wildman–Crippen LogP) is 3.31. The minimum absolute atomic E-state index is 0.131. The number of rotatable bonds is 6. The number of amides is 2. The molecule has 6 heteroatoms. The normalized spacial score (nSPS) is 10.2. The van der Waals surface area contributed by atoms with Crippen LogP contribution in [-0.2, 0) is 10.5 Å². The molecule has 0 aliphatic heterocycles. The maximum absolute atomic E-state index is 11.9. The van der Waals surface area contributed by atoms with E-state index in [-0.39, 0.29) is 5.91 Å². The van der Waals surface area contributed by atoms with Gasteiger partial charge in [0, 0.05) is 22.0 Å². The van der Waals surface area contributed by atoms with Crippen molar-refractivity contribution < 1.29 is 9.59 Å². The Morgan fingerprint density at radius 1 is 1.14 bits per heavy atom. The van der Waals surface area contributed by atoms with Crippen LogP contribution >= 0.6 is 23.4 Å². The third-order valence-corrected chi connectivity index (χ3v) is 4.06. The molecule has 3 N–H and O–H groups in total. The third kappa shape index (κ3) is 5.09. The van der Waals surface area contributed by atoms with E-state index in [1.807, 2.05) is 24.3 Å². The van der Waals surface area contributed by atoms with Crippen LogP contribution in [0.25, 0.3) is 0 Å². The summed E-state index contributed by atoms with van der Waals surface area (Å²) in [5.74, 6) is 0.364. The first-order chi connectivity index (χ1) is 10.5. The molecule has 0 atom stereocenters. The summed E-state index contributed by atoms with van der Waals surface area (Å²) in [6.45, 7) is 0. The number of halogens is 1. The number of nitrogens with two attached hydrogens (primary N) is 1. The quantitative estimate of drug-likeness (QED) is 0.851. The molecule has 2 rings (SSSR count). The zero-order valence-corrected chi connectivity index (χ0v) is 13.3.